The van der Waals surface area contributed by atoms with Crippen LogP contribution in [0.4, 0.5) is 4.39 Å². The van der Waals surface area contributed by atoms with Crippen molar-refractivity contribution in [3.8, 4) is 0 Å². The number of ether oxygens (including phenoxy) is 2. The van der Waals surface area contributed by atoms with Crippen molar-refractivity contribution in [1.29, 1.82) is 0 Å². The molecular formula is C22H23ClFN5O3. The smallest absolute Gasteiger partial charge is 0.338 e. The van der Waals surface area contributed by atoms with E-state index in [1.54, 1.807) is 25.4 Å². The van der Waals surface area contributed by atoms with Gasteiger partial charge in [-0.05, 0) is 25.1 Å². The monoisotopic (exact) mass is 459 g/mol. The van der Waals surface area contributed by atoms with Gasteiger partial charge in [-0.2, -0.15) is 0 Å². The van der Waals surface area contributed by atoms with Gasteiger partial charge in [0.2, 0.25) is 0 Å². The number of carbonyl (C=O) groups is 1. The molecule has 0 bridgehead atoms. The van der Waals surface area contributed by atoms with E-state index in [2.05, 4.69) is 20.2 Å². The first kappa shape index (κ1) is 22.3. The van der Waals surface area contributed by atoms with E-state index in [0.29, 0.717) is 48.3 Å². The molecule has 10 heteroatoms. The molecule has 0 amide bonds. The van der Waals surface area contributed by atoms with Crippen LogP contribution in [0.5, 0.6) is 0 Å². The van der Waals surface area contributed by atoms with Crippen molar-refractivity contribution in [3.63, 3.8) is 0 Å². The summed E-state index contributed by atoms with van der Waals surface area (Å²) in [5.74, 6) is -0.214. The van der Waals surface area contributed by atoms with Crippen LogP contribution >= 0.6 is 11.6 Å². The van der Waals surface area contributed by atoms with E-state index >= 15 is 0 Å². The number of benzene rings is 1. The molecule has 1 aromatic carbocycles. The minimum Gasteiger partial charge on any atom is -0.463 e. The summed E-state index contributed by atoms with van der Waals surface area (Å²) >= 11 is 6.38. The Labute approximate surface area is 190 Å². The second-order valence-corrected chi connectivity index (χ2v) is 7.65. The molecule has 2 aromatic rings. The van der Waals surface area contributed by atoms with Crippen LogP contribution in [0.3, 0.4) is 0 Å². The molecule has 1 atom stereocenters. The van der Waals surface area contributed by atoms with Crippen LogP contribution in [0.15, 0.2) is 52.9 Å². The summed E-state index contributed by atoms with van der Waals surface area (Å²) in [6.07, 6.45) is 3.22. The van der Waals surface area contributed by atoms with E-state index in [0.717, 1.165) is 13.1 Å². The predicted molar refractivity (Wildman–Crippen MR) is 117 cm³/mol. The van der Waals surface area contributed by atoms with E-state index in [1.165, 1.54) is 18.2 Å². The van der Waals surface area contributed by atoms with Gasteiger partial charge in [0.25, 0.3) is 0 Å². The van der Waals surface area contributed by atoms with E-state index in [1.807, 2.05) is 0 Å². The van der Waals surface area contributed by atoms with Crippen molar-refractivity contribution < 1.29 is 18.7 Å². The van der Waals surface area contributed by atoms with Crippen LogP contribution < -0.4 is 5.32 Å². The second-order valence-electron chi connectivity index (χ2n) is 7.24. The first-order valence-electron chi connectivity index (χ1n) is 10.3. The van der Waals surface area contributed by atoms with Crippen molar-refractivity contribution in [2.24, 2.45) is 4.99 Å². The molecule has 1 fully saturated rings. The van der Waals surface area contributed by atoms with E-state index in [4.69, 9.17) is 26.1 Å². The summed E-state index contributed by atoms with van der Waals surface area (Å²) in [7, 11) is 0. The zero-order chi connectivity index (χ0) is 22.5. The maximum atomic E-state index is 13.7. The molecule has 8 nitrogen and oxygen atoms in total. The summed E-state index contributed by atoms with van der Waals surface area (Å²) in [5, 5.41) is 3.41. The highest BCUT2D eigenvalue weighted by Crippen LogP contribution is 2.36. The molecule has 1 aromatic heterocycles. The third-order valence-corrected chi connectivity index (χ3v) is 5.47. The van der Waals surface area contributed by atoms with Gasteiger partial charge in [0.15, 0.2) is 11.7 Å². The maximum absolute atomic E-state index is 13.7. The molecule has 1 saturated heterocycles. The quantitative estimate of drug-likeness (QED) is 0.664. The van der Waals surface area contributed by atoms with Crippen LogP contribution in [-0.4, -0.2) is 66.1 Å². The SMILES string of the molecule is CCOC(=O)C1=C(CN2CCOCC2)NC(c2ncccn2)=NC1c1ccc(F)cc1Cl. The molecule has 2 aliphatic rings. The fourth-order valence-corrected chi connectivity index (χ4v) is 3.91. The number of morpholine rings is 1. The Hall–Kier alpha value is -2.88. The largest absolute Gasteiger partial charge is 0.463 e. The molecule has 32 heavy (non-hydrogen) atoms. The van der Waals surface area contributed by atoms with Gasteiger partial charge in [0.05, 0.1) is 25.4 Å². The highest BCUT2D eigenvalue weighted by molar-refractivity contribution is 6.31. The number of hydrogen-bond donors (Lipinski definition) is 1. The number of nitrogens with one attached hydrogen (secondary N) is 1. The lowest BCUT2D eigenvalue weighted by molar-refractivity contribution is -0.139. The minimum atomic E-state index is -0.807. The number of rotatable bonds is 6. The van der Waals surface area contributed by atoms with Crippen LogP contribution in [0.1, 0.15) is 24.4 Å². The Morgan fingerprint density at radius 1 is 1.31 bits per heavy atom. The highest BCUT2D eigenvalue weighted by Gasteiger charge is 2.34. The number of carbonyl (C=O) groups excluding carboxylic acids is 1. The van der Waals surface area contributed by atoms with Gasteiger partial charge in [0, 0.05) is 48.3 Å². The Morgan fingerprint density at radius 2 is 2.06 bits per heavy atom. The van der Waals surface area contributed by atoms with Gasteiger partial charge in [-0.3, -0.25) is 9.89 Å². The summed E-state index contributed by atoms with van der Waals surface area (Å²) in [6, 6.07) is 4.93. The van der Waals surface area contributed by atoms with Crippen molar-refractivity contribution >= 4 is 23.4 Å². The van der Waals surface area contributed by atoms with Crippen molar-refractivity contribution in [3.05, 3.63) is 70.2 Å². The number of nitrogens with zero attached hydrogens (tertiary/aromatic N) is 4. The lowest BCUT2D eigenvalue weighted by atomic mass is 9.95. The zero-order valence-electron chi connectivity index (χ0n) is 17.6. The maximum Gasteiger partial charge on any atom is 0.338 e. The van der Waals surface area contributed by atoms with Gasteiger partial charge in [0.1, 0.15) is 11.9 Å². The molecular weight excluding hydrogens is 437 g/mol. The standard InChI is InChI=1S/C22H23ClFN5O3/c1-2-32-22(30)18-17(13-29-8-10-31-11-9-29)27-21(20-25-6-3-7-26-20)28-19(18)15-5-4-14(24)12-16(15)23/h3-7,12,19H,2,8-11,13H2,1H3,(H,27,28). The van der Waals surface area contributed by atoms with Crippen molar-refractivity contribution in [2.75, 3.05) is 39.5 Å². The number of aromatic nitrogens is 2. The summed E-state index contributed by atoms with van der Waals surface area (Å²) in [4.78, 5) is 28.5. The predicted octanol–water partition coefficient (Wildman–Crippen LogP) is 2.51. The first-order valence-corrected chi connectivity index (χ1v) is 10.7. The van der Waals surface area contributed by atoms with E-state index in [-0.39, 0.29) is 11.6 Å². The Balaban J connectivity index is 1.82. The van der Waals surface area contributed by atoms with Crippen LogP contribution in [0.25, 0.3) is 0 Å². The van der Waals surface area contributed by atoms with Gasteiger partial charge < -0.3 is 14.8 Å². The van der Waals surface area contributed by atoms with Gasteiger partial charge >= 0.3 is 5.97 Å². The lowest BCUT2D eigenvalue weighted by Gasteiger charge is -2.32. The molecule has 0 aliphatic carbocycles. The fourth-order valence-electron chi connectivity index (χ4n) is 3.64. The summed E-state index contributed by atoms with van der Waals surface area (Å²) in [5.41, 5.74) is 1.44. The number of hydrogen-bond acceptors (Lipinski definition) is 8. The topological polar surface area (TPSA) is 88.9 Å². The highest BCUT2D eigenvalue weighted by atomic mass is 35.5. The second kappa shape index (κ2) is 10.2. The minimum absolute atomic E-state index is 0.168. The first-order chi connectivity index (χ1) is 15.6. The summed E-state index contributed by atoms with van der Waals surface area (Å²) in [6.45, 7) is 5.04. The molecule has 4 rings (SSSR count). The van der Waals surface area contributed by atoms with Gasteiger partial charge in [-0.1, -0.05) is 17.7 Å². The molecule has 0 saturated carbocycles. The average molecular weight is 460 g/mol. The summed E-state index contributed by atoms with van der Waals surface area (Å²) < 4.78 is 24.5. The third-order valence-electron chi connectivity index (χ3n) is 5.14. The molecule has 1 N–H and O–H groups in total. The molecule has 0 radical (unpaired) electrons. The molecule has 2 aliphatic heterocycles. The molecule has 168 valence electrons. The Kier molecular flexibility index (Phi) is 7.09. The number of esters is 1. The molecule has 3 heterocycles. The fraction of sp³-hybridized carbons (Fsp3) is 0.364. The number of aliphatic imine (C=N–C) groups is 1. The zero-order valence-corrected chi connectivity index (χ0v) is 18.3. The van der Waals surface area contributed by atoms with Crippen LogP contribution in [-0.2, 0) is 14.3 Å². The van der Waals surface area contributed by atoms with Gasteiger partial charge in [-0.25, -0.2) is 19.2 Å². The normalized spacial score (nSPS) is 19.3. The molecule has 1 unspecified atom stereocenters. The van der Waals surface area contributed by atoms with E-state index in [9.17, 15) is 9.18 Å². The third kappa shape index (κ3) is 4.95. The number of amidine groups is 1. The Bertz CT molecular complexity index is 1040. The number of halogens is 2. The lowest BCUT2D eigenvalue weighted by Crippen LogP contribution is -2.43. The van der Waals surface area contributed by atoms with Crippen molar-refractivity contribution in [1.82, 2.24) is 20.2 Å². The van der Waals surface area contributed by atoms with Crippen LogP contribution in [0, 0.1) is 5.82 Å². The Morgan fingerprint density at radius 3 is 2.75 bits per heavy atom. The van der Waals surface area contributed by atoms with Crippen LogP contribution in [0.2, 0.25) is 5.02 Å². The van der Waals surface area contributed by atoms with Gasteiger partial charge in [-0.15, -0.1) is 0 Å². The van der Waals surface area contributed by atoms with E-state index < -0.39 is 17.8 Å². The van der Waals surface area contributed by atoms with Crippen molar-refractivity contribution in [2.45, 2.75) is 13.0 Å². The average Bonchev–Trinajstić information content (AvgIpc) is 2.80. The molecule has 0 spiro atoms.